The number of hydrogen-bond acceptors (Lipinski definition) is 5. The monoisotopic (exact) mass is 345 g/mol. The van der Waals surface area contributed by atoms with Crippen molar-refractivity contribution in [2.75, 3.05) is 18.7 Å². The summed E-state index contributed by atoms with van der Waals surface area (Å²) in [5.74, 6) is -0.306. The lowest BCUT2D eigenvalue weighted by atomic mass is 10.2. The van der Waals surface area contributed by atoms with Gasteiger partial charge in [0.2, 0.25) is 0 Å². The lowest BCUT2D eigenvalue weighted by Crippen LogP contribution is -2.30. The smallest absolute Gasteiger partial charge is 0.338 e. The highest BCUT2D eigenvalue weighted by molar-refractivity contribution is 7.98. The van der Waals surface area contributed by atoms with E-state index in [0.717, 1.165) is 4.90 Å². The third kappa shape index (κ3) is 4.76. The minimum absolute atomic E-state index is 0.405. The number of rotatable bonds is 6. The minimum Gasteiger partial charge on any atom is -0.497 e. The molecule has 6 heteroatoms. The number of nitrogens with one attached hydrogen (secondary N) is 1. The number of esters is 1. The summed E-state index contributed by atoms with van der Waals surface area (Å²) >= 11 is 1.59. The van der Waals surface area contributed by atoms with Gasteiger partial charge in [-0.3, -0.25) is 4.79 Å². The van der Waals surface area contributed by atoms with E-state index in [1.807, 2.05) is 18.4 Å². The van der Waals surface area contributed by atoms with Crippen LogP contribution in [-0.2, 0) is 9.53 Å². The molecule has 1 atom stereocenters. The number of thioether (sulfide) groups is 1. The summed E-state index contributed by atoms with van der Waals surface area (Å²) in [7, 11) is 1.55. The number of anilines is 1. The highest BCUT2D eigenvalue weighted by Gasteiger charge is 2.19. The van der Waals surface area contributed by atoms with Crippen molar-refractivity contribution in [3.8, 4) is 5.75 Å². The molecule has 2 aromatic carbocycles. The van der Waals surface area contributed by atoms with Crippen molar-refractivity contribution in [1.29, 1.82) is 0 Å². The first-order valence-corrected chi connectivity index (χ1v) is 8.56. The van der Waals surface area contributed by atoms with E-state index >= 15 is 0 Å². The molecule has 1 amide bonds. The van der Waals surface area contributed by atoms with E-state index in [-0.39, 0.29) is 0 Å². The van der Waals surface area contributed by atoms with E-state index < -0.39 is 18.0 Å². The highest BCUT2D eigenvalue weighted by atomic mass is 32.2. The van der Waals surface area contributed by atoms with Gasteiger partial charge in [-0.05, 0) is 49.6 Å². The Bertz CT molecular complexity index is 715. The van der Waals surface area contributed by atoms with Gasteiger partial charge in [0, 0.05) is 16.6 Å². The second kappa shape index (κ2) is 8.40. The first-order valence-electron chi connectivity index (χ1n) is 7.33. The van der Waals surface area contributed by atoms with Gasteiger partial charge in [-0.1, -0.05) is 6.07 Å². The zero-order valence-electron chi connectivity index (χ0n) is 13.7. The molecule has 0 aliphatic carbocycles. The molecule has 0 aromatic heterocycles. The fourth-order valence-electron chi connectivity index (χ4n) is 1.95. The van der Waals surface area contributed by atoms with Gasteiger partial charge in [0.25, 0.3) is 5.91 Å². The van der Waals surface area contributed by atoms with Gasteiger partial charge in [-0.25, -0.2) is 4.79 Å². The quantitative estimate of drug-likeness (QED) is 0.640. The van der Waals surface area contributed by atoms with Crippen LogP contribution in [0.4, 0.5) is 5.69 Å². The van der Waals surface area contributed by atoms with Gasteiger partial charge in [0.05, 0.1) is 12.7 Å². The van der Waals surface area contributed by atoms with E-state index in [1.165, 1.54) is 6.92 Å². The second-order valence-corrected chi connectivity index (χ2v) is 5.88. The van der Waals surface area contributed by atoms with Crippen molar-refractivity contribution in [2.45, 2.75) is 17.9 Å². The fraction of sp³-hybridized carbons (Fsp3) is 0.222. The molecule has 1 N–H and O–H groups in total. The predicted octanol–water partition coefficient (Wildman–Crippen LogP) is 3.60. The van der Waals surface area contributed by atoms with E-state index in [4.69, 9.17) is 9.47 Å². The number of carbonyl (C=O) groups excluding carboxylic acids is 2. The molecule has 24 heavy (non-hydrogen) atoms. The number of amides is 1. The second-order valence-electron chi connectivity index (χ2n) is 5.00. The molecule has 5 nitrogen and oxygen atoms in total. The molecule has 0 saturated heterocycles. The average molecular weight is 345 g/mol. The summed E-state index contributed by atoms with van der Waals surface area (Å²) in [4.78, 5) is 25.3. The van der Waals surface area contributed by atoms with Crippen molar-refractivity contribution in [2.24, 2.45) is 0 Å². The van der Waals surface area contributed by atoms with Gasteiger partial charge >= 0.3 is 5.97 Å². The van der Waals surface area contributed by atoms with Crippen LogP contribution in [0.15, 0.2) is 53.4 Å². The molecule has 0 unspecified atom stereocenters. The van der Waals surface area contributed by atoms with Crippen molar-refractivity contribution < 1.29 is 19.1 Å². The molecule has 2 aromatic rings. The normalized spacial score (nSPS) is 11.5. The summed E-state index contributed by atoms with van der Waals surface area (Å²) in [6, 6.07) is 14.0. The molecule has 0 spiro atoms. The lowest BCUT2D eigenvalue weighted by molar-refractivity contribution is -0.123. The van der Waals surface area contributed by atoms with Gasteiger partial charge in [-0.2, -0.15) is 0 Å². The Balaban J connectivity index is 1.95. The maximum Gasteiger partial charge on any atom is 0.338 e. The minimum atomic E-state index is -0.913. The van der Waals surface area contributed by atoms with E-state index in [2.05, 4.69) is 5.32 Å². The zero-order chi connectivity index (χ0) is 17.5. The molecule has 0 fully saturated rings. The predicted molar refractivity (Wildman–Crippen MR) is 94.7 cm³/mol. The van der Waals surface area contributed by atoms with Crippen molar-refractivity contribution in [3.63, 3.8) is 0 Å². The van der Waals surface area contributed by atoms with Crippen LogP contribution in [0.5, 0.6) is 5.75 Å². The molecule has 0 heterocycles. The summed E-state index contributed by atoms with van der Waals surface area (Å²) in [6.07, 6.45) is 1.04. The number of benzene rings is 2. The number of ether oxygens (including phenoxy) is 2. The van der Waals surface area contributed by atoms with Gasteiger partial charge in [0.15, 0.2) is 6.10 Å². The molecule has 0 saturated carbocycles. The maximum absolute atomic E-state index is 12.1. The SMILES string of the molecule is COc1cccc(NC(=O)[C@H](C)OC(=O)c2ccc(SC)cc2)c1. The molecule has 0 radical (unpaired) electrons. The molecular weight excluding hydrogens is 326 g/mol. The molecular formula is C18H19NO4S. The third-order valence-electron chi connectivity index (χ3n) is 3.32. The molecule has 126 valence electrons. The summed E-state index contributed by atoms with van der Waals surface area (Å²) < 4.78 is 10.3. The van der Waals surface area contributed by atoms with E-state index in [0.29, 0.717) is 17.0 Å². The van der Waals surface area contributed by atoms with Gasteiger partial charge < -0.3 is 14.8 Å². The van der Waals surface area contributed by atoms with Crippen molar-refractivity contribution >= 4 is 29.3 Å². The molecule has 0 aliphatic rings. The van der Waals surface area contributed by atoms with E-state index in [1.54, 1.807) is 55.3 Å². The Morgan fingerprint density at radius 1 is 1.12 bits per heavy atom. The number of methoxy groups -OCH3 is 1. The van der Waals surface area contributed by atoms with Gasteiger partial charge in [0.1, 0.15) is 5.75 Å². The van der Waals surface area contributed by atoms with Crippen LogP contribution >= 0.6 is 11.8 Å². The first-order chi connectivity index (χ1) is 11.5. The van der Waals surface area contributed by atoms with Crippen LogP contribution in [0.2, 0.25) is 0 Å². The van der Waals surface area contributed by atoms with Crippen LogP contribution in [0.25, 0.3) is 0 Å². The fourth-order valence-corrected chi connectivity index (χ4v) is 2.36. The number of carbonyl (C=O) groups is 2. The topological polar surface area (TPSA) is 64.6 Å². The zero-order valence-corrected chi connectivity index (χ0v) is 14.6. The highest BCUT2D eigenvalue weighted by Crippen LogP contribution is 2.18. The molecule has 2 rings (SSSR count). The van der Waals surface area contributed by atoms with Gasteiger partial charge in [-0.15, -0.1) is 11.8 Å². The summed E-state index contributed by atoms with van der Waals surface area (Å²) in [6.45, 7) is 1.53. The molecule has 0 aliphatic heterocycles. The Morgan fingerprint density at radius 3 is 2.46 bits per heavy atom. The van der Waals surface area contributed by atoms with Crippen LogP contribution in [0.1, 0.15) is 17.3 Å². The Labute approximate surface area is 145 Å². The summed E-state index contributed by atoms with van der Waals surface area (Å²) in [5, 5.41) is 2.69. The van der Waals surface area contributed by atoms with Crippen LogP contribution in [0, 0.1) is 0 Å². The molecule has 0 bridgehead atoms. The third-order valence-corrected chi connectivity index (χ3v) is 4.06. The van der Waals surface area contributed by atoms with Crippen LogP contribution in [-0.4, -0.2) is 31.3 Å². The van der Waals surface area contributed by atoms with Crippen LogP contribution < -0.4 is 10.1 Å². The Kier molecular flexibility index (Phi) is 6.26. The van der Waals surface area contributed by atoms with Crippen LogP contribution in [0.3, 0.4) is 0 Å². The van der Waals surface area contributed by atoms with E-state index in [9.17, 15) is 9.59 Å². The maximum atomic E-state index is 12.1. The van der Waals surface area contributed by atoms with Crippen molar-refractivity contribution in [3.05, 3.63) is 54.1 Å². The number of hydrogen-bond donors (Lipinski definition) is 1. The first kappa shape index (κ1) is 17.9. The summed E-state index contributed by atoms with van der Waals surface area (Å²) in [5.41, 5.74) is 0.986. The standard InChI is InChI=1S/C18H19NO4S/c1-12(17(20)19-14-5-4-6-15(11-14)22-2)23-18(21)13-7-9-16(24-3)10-8-13/h4-12H,1-3H3,(H,19,20)/t12-/m0/s1. The average Bonchev–Trinajstić information content (AvgIpc) is 2.61. The van der Waals surface area contributed by atoms with Crippen molar-refractivity contribution in [1.82, 2.24) is 0 Å². The Hall–Kier alpha value is -2.47. The Morgan fingerprint density at radius 2 is 1.83 bits per heavy atom. The lowest BCUT2D eigenvalue weighted by Gasteiger charge is -2.14. The largest absolute Gasteiger partial charge is 0.497 e.